The number of thioether (sulfide) groups is 1. The molecule has 1 aliphatic heterocycles. The van der Waals surface area contributed by atoms with Crippen LogP contribution in [-0.2, 0) is 0 Å². The van der Waals surface area contributed by atoms with Gasteiger partial charge in [-0.05, 0) is 50.9 Å². The number of fused-ring (bicyclic) bond motifs is 1. The SMILES string of the molecule is CSc1nc2ccc(NC3CCCN(C)C3)cc2s1. The first-order valence-corrected chi connectivity index (χ1v) is 8.68. The molecule has 1 unspecified atom stereocenters. The number of likely N-dealkylation sites (N-methyl/N-ethyl adjacent to an activating group) is 1. The molecule has 1 aromatic heterocycles. The molecule has 0 bridgehead atoms. The molecule has 0 aliphatic carbocycles. The lowest BCUT2D eigenvalue weighted by molar-refractivity contribution is 0.261. The third kappa shape index (κ3) is 3.04. The van der Waals surface area contributed by atoms with E-state index in [1.54, 1.807) is 23.1 Å². The van der Waals surface area contributed by atoms with Crippen LogP contribution in [0.2, 0.25) is 0 Å². The zero-order valence-electron chi connectivity index (χ0n) is 11.3. The summed E-state index contributed by atoms with van der Waals surface area (Å²) in [7, 11) is 2.20. The largest absolute Gasteiger partial charge is 0.381 e. The van der Waals surface area contributed by atoms with Crippen molar-refractivity contribution in [3.8, 4) is 0 Å². The van der Waals surface area contributed by atoms with Gasteiger partial charge in [-0.3, -0.25) is 0 Å². The topological polar surface area (TPSA) is 28.2 Å². The second-order valence-electron chi connectivity index (χ2n) is 5.11. The van der Waals surface area contributed by atoms with Crippen molar-refractivity contribution in [1.29, 1.82) is 0 Å². The zero-order valence-corrected chi connectivity index (χ0v) is 13.0. The minimum atomic E-state index is 0.573. The summed E-state index contributed by atoms with van der Waals surface area (Å²) >= 11 is 3.49. The Morgan fingerprint density at radius 1 is 1.47 bits per heavy atom. The van der Waals surface area contributed by atoms with Gasteiger partial charge in [0.2, 0.25) is 0 Å². The molecule has 1 saturated heterocycles. The van der Waals surface area contributed by atoms with Gasteiger partial charge in [0.1, 0.15) is 0 Å². The predicted molar refractivity (Wildman–Crippen MR) is 85.5 cm³/mol. The molecule has 0 amide bonds. The van der Waals surface area contributed by atoms with Crippen molar-refractivity contribution >= 4 is 39.0 Å². The molecule has 19 heavy (non-hydrogen) atoms. The maximum Gasteiger partial charge on any atom is 0.150 e. The van der Waals surface area contributed by atoms with Gasteiger partial charge in [-0.2, -0.15) is 0 Å². The minimum absolute atomic E-state index is 0.573. The number of anilines is 1. The molecular formula is C14H19N3S2. The van der Waals surface area contributed by atoms with Crippen LogP contribution in [0.25, 0.3) is 10.2 Å². The fourth-order valence-corrected chi connectivity index (χ4v) is 4.13. The highest BCUT2D eigenvalue weighted by Gasteiger charge is 2.16. The summed E-state index contributed by atoms with van der Waals surface area (Å²) in [4.78, 5) is 6.98. The number of hydrogen-bond acceptors (Lipinski definition) is 5. The smallest absolute Gasteiger partial charge is 0.150 e. The molecule has 102 valence electrons. The summed E-state index contributed by atoms with van der Waals surface area (Å²) in [6.45, 7) is 2.36. The Labute approximate surface area is 122 Å². The number of hydrogen-bond donors (Lipinski definition) is 1. The Morgan fingerprint density at radius 2 is 2.37 bits per heavy atom. The van der Waals surface area contributed by atoms with Crippen LogP contribution in [0, 0.1) is 0 Å². The van der Waals surface area contributed by atoms with E-state index in [0.29, 0.717) is 6.04 Å². The maximum absolute atomic E-state index is 4.58. The van der Waals surface area contributed by atoms with Crippen LogP contribution in [-0.4, -0.2) is 42.3 Å². The third-order valence-corrected chi connectivity index (χ3v) is 5.54. The molecule has 1 fully saturated rings. The Morgan fingerprint density at radius 3 is 3.16 bits per heavy atom. The van der Waals surface area contributed by atoms with Crippen LogP contribution in [0.15, 0.2) is 22.5 Å². The van der Waals surface area contributed by atoms with Gasteiger partial charge in [0.15, 0.2) is 4.34 Å². The Bertz CT molecular complexity index is 567. The number of aromatic nitrogens is 1. The summed E-state index contributed by atoms with van der Waals surface area (Å²) in [5.41, 5.74) is 2.34. The second-order valence-corrected chi connectivity index (χ2v) is 7.20. The second kappa shape index (κ2) is 5.69. The molecule has 0 saturated carbocycles. The molecule has 5 heteroatoms. The Balaban J connectivity index is 1.77. The average molecular weight is 293 g/mol. The van der Waals surface area contributed by atoms with Crippen LogP contribution < -0.4 is 5.32 Å². The average Bonchev–Trinajstić information content (AvgIpc) is 2.81. The van der Waals surface area contributed by atoms with E-state index in [2.05, 4.69) is 46.7 Å². The summed E-state index contributed by atoms with van der Waals surface area (Å²) in [6.07, 6.45) is 4.63. The van der Waals surface area contributed by atoms with Crippen LogP contribution in [0.1, 0.15) is 12.8 Å². The van der Waals surface area contributed by atoms with Gasteiger partial charge < -0.3 is 10.2 Å². The van der Waals surface area contributed by atoms with E-state index in [1.165, 1.54) is 29.8 Å². The van der Waals surface area contributed by atoms with Crippen molar-refractivity contribution in [2.45, 2.75) is 23.2 Å². The van der Waals surface area contributed by atoms with E-state index >= 15 is 0 Å². The van der Waals surface area contributed by atoms with Crippen molar-refractivity contribution in [2.24, 2.45) is 0 Å². The number of likely N-dealkylation sites (tertiary alicyclic amines) is 1. The molecule has 1 N–H and O–H groups in total. The first-order chi connectivity index (χ1) is 9.24. The van der Waals surface area contributed by atoms with E-state index in [1.807, 2.05) is 0 Å². The van der Waals surface area contributed by atoms with Gasteiger partial charge in [-0.25, -0.2) is 4.98 Å². The van der Waals surface area contributed by atoms with Gasteiger partial charge in [0.05, 0.1) is 10.2 Å². The molecule has 2 heterocycles. The lowest BCUT2D eigenvalue weighted by atomic mass is 10.1. The van der Waals surface area contributed by atoms with E-state index in [9.17, 15) is 0 Å². The van der Waals surface area contributed by atoms with E-state index in [4.69, 9.17) is 0 Å². The number of benzene rings is 1. The number of rotatable bonds is 3. The molecule has 0 spiro atoms. The molecule has 2 aromatic rings. The molecule has 1 aliphatic rings. The van der Waals surface area contributed by atoms with Gasteiger partial charge in [0, 0.05) is 18.3 Å². The minimum Gasteiger partial charge on any atom is -0.381 e. The van der Waals surface area contributed by atoms with Gasteiger partial charge in [-0.1, -0.05) is 11.8 Å². The van der Waals surface area contributed by atoms with Crippen molar-refractivity contribution < 1.29 is 0 Å². The van der Waals surface area contributed by atoms with E-state index in [-0.39, 0.29) is 0 Å². The van der Waals surface area contributed by atoms with Crippen LogP contribution in [0.3, 0.4) is 0 Å². The number of nitrogens with zero attached hydrogens (tertiary/aromatic N) is 2. The standard InChI is InChI=1S/C14H19N3S2/c1-17-7-3-4-11(9-17)15-10-5-6-12-13(8-10)19-14(16-12)18-2/h5-6,8,11,15H,3-4,7,9H2,1-2H3. The van der Waals surface area contributed by atoms with Gasteiger partial charge >= 0.3 is 0 Å². The third-order valence-electron chi connectivity index (χ3n) is 3.54. The van der Waals surface area contributed by atoms with Crippen molar-refractivity contribution in [3.63, 3.8) is 0 Å². The van der Waals surface area contributed by atoms with Crippen molar-refractivity contribution in [1.82, 2.24) is 9.88 Å². The fraction of sp³-hybridized carbons (Fsp3) is 0.500. The number of thiazole rings is 1. The lowest BCUT2D eigenvalue weighted by Crippen LogP contribution is -2.39. The van der Waals surface area contributed by atoms with Gasteiger partial charge in [0.25, 0.3) is 0 Å². The molecular weight excluding hydrogens is 274 g/mol. The normalized spacial score (nSPS) is 20.8. The number of piperidine rings is 1. The van der Waals surface area contributed by atoms with E-state index in [0.717, 1.165) is 16.4 Å². The highest BCUT2D eigenvalue weighted by Crippen LogP contribution is 2.30. The molecule has 3 nitrogen and oxygen atoms in total. The first-order valence-electron chi connectivity index (χ1n) is 6.64. The van der Waals surface area contributed by atoms with Crippen LogP contribution >= 0.6 is 23.1 Å². The van der Waals surface area contributed by atoms with Crippen LogP contribution in [0.5, 0.6) is 0 Å². The zero-order chi connectivity index (χ0) is 13.2. The highest BCUT2D eigenvalue weighted by molar-refractivity contribution is 8.00. The fourth-order valence-electron chi connectivity index (χ4n) is 2.60. The Kier molecular flexibility index (Phi) is 3.96. The summed E-state index contributed by atoms with van der Waals surface area (Å²) in [5.74, 6) is 0. The van der Waals surface area contributed by atoms with Gasteiger partial charge in [-0.15, -0.1) is 11.3 Å². The summed E-state index contributed by atoms with van der Waals surface area (Å²) in [5, 5.41) is 3.66. The van der Waals surface area contributed by atoms with E-state index < -0.39 is 0 Å². The maximum atomic E-state index is 4.58. The quantitative estimate of drug-likeness (QED) is 0.876. The monoisotopic (exact) mass is 293 g/mol. The Hall–Kier alpha value is -0.780. The molecule has 1 atom stereocenters. The summed E-state index contributed by atoms with van der Waals surface area (Å²) < 4.78 is 2.42. The highest BCUT2D eigenvalue weighted by atomic mass is 32.2. The van der Waals surface area contributed by atoms with Crippen molar-refractivity contribution in [3.05, 3.63) is 18.2 Å². The molecule has 3 rings (SSSR count). The lowest BCUT2D eigenvalue weighted by Gasteiger charge is -2.30. The molecule has 0 radical (unpaired) electrons. The number of nitrogens with one attached hydrogen (secondary N) is 1. The summed E-state index contributed by atoms with van der Waals surface area (Å²) in [6, 6.07) is 7.09. The molecule has 1 aromatic carbocycles. The predicted octanol–water partition coefficient (Wildman–Crippen LogP) is 3.52. The van der Waals surface area contributed by atoms with Crippen molar-refractivity contribution in [2.75, 3.05) is 31.7 Å². The first kappa shape index (κ1) is 13.2. The van der Waals surface area contributed by atoms with Crippen LogP contribution in [0.4, 0.5) is 5.69 Å².